The van der Waals surface area contributed by atoms with Crippen molar-refractivity contribution in [3.63, 3.8) is 0 Å². The Kier molecular flexibility index (Phi) is 7.92. The highest BCUT2D eigenvalue weighted by Crippen LogP contribution is 2.65. The molecule has 0 fully saturated rings. The van der Waals surface area contributed by atoms with E-state index in [0.29, 0.717) is 0 Å². The van der Waals surface area contributed by atoms with Gasteiger partial charge >= 0.3 is 0 Å². The summed E-state index contributed by atoms with van der Waals surface area (Å²) in [6.45, 7) is 0. The van der Waals surface area contributed by atoms with Gasteiger partial charge in [0.25, 0.3) is 0 Å². The second-order valence-electron chi connectivity index (χ2n) is 18.6. The maximum absolute atomic E-state index is 6.74. The Morgan fingerprint density at radius 3 is 1.35 bits per heavy atom. The number of ether oxygens (including phenoxy) is 2. The van der Waals surface area contributed by atoms with Crippen molar-refractivity contribution < 1.29 is 9.47 Å². The lowest BCUT2D eigenvalue weighted by atomic mass is 9.66. The van der Waals surface area contributed by atoms with Gasteiger partial charge in [-0.2, -0.15) is 0 Å². The number of hydrogen-bond acceptors (Lipinski definition) is 3. The van der Waals surface area contributed by atoms with Gasteiger partial charge in [0.05, 0.1) is 16.5 Å². The topological polar surface area (TPSA) is 21.7 Å². The second kappa shape index (κ2) is 14.3. The Labute approximate surface area is 400 Å². The van der Waals surface area contributed by atoms with Gasteiger partial charge < -0.3 is 14.4 Å². The van der Waals surface area contributed by atoms with Gasteiger partial charge in [-0.05, 0) is 115 Å². The molecule has 0 bridgehead atoms. The third-order valence-electron chi connectivity index (χ3n) is 15.4. The first-order valence-electron chi connectivity index (χ1n) is 23.8. The van der Waals surface area contributed by atoms with Crippen LogP contribution in [0.3, 0.4) is 0 Å². The molecule has 11 aromatic carbocycles. The van der Waals surface area contributed by atoms with E-state index in [1.807, 2.05) is 0 Å². The molecule has 0 saturated heterocycles. The molecule has 0 atom stereocenters. The Morgan fingerprint density at radius 1 is 0.290 bits per heavy atom. The average Bonchev–Trinajstić information content (AvgIpc) is 3.87. The zero-order chi connectivity index (χ0) is 45.3. The Morgan fingerprint density at radius 2 is 0.725 bits per heavy atom. The van der Waals surface area contributed by atoms with Gasteiger partial charge in [0.15, 0.2) is 0 Å². The second-order valence-corrected chi connectivity index (χ2v) is 18.6. The summed E-state index contributed by atoms with van der Waals surface area (Å²) >= 11 is 0. The van der Waals surface area contributed by atoms with Crippen molar-refractivity contribution in [2.24, 2.45) is 0 Å². The summed E-state index contributed by atoms with van der Waals surface area (Å²) in [5.74, 6) is 3.55. The first-order valence-corrected chi connectivity index (χ1v) is 23.8. The van der Waals surface area contributed by atoms with Crippen LogP contribution in [0.4, 0.5) is 17.1 Å². The van der Waals surface area contributed by atoms with Crippen LogP contribution in [-0.4, -0.2) is 0 Å². The molecule has 4 aliphatic rings. The Bertz CT molecular complexity index is 3850. The highest BCUT2D eigenvalue weighted by atomic mass is 16.5. The molecule has 0 unspecified atom stereocenters. The van der Waals surface area contributed by atoms with Crippen molar-refractivity contribution >= 4 is 27.8 Å². The Hall–Kier alpha value is -8.92. The average molecular weight is 880 g/mol. The van der Waals surface area contributed by atoms with E-state index in [9.17, 15) is 0 Å². The molecule has 3 heteroatoms. The fourth-order valence-corrected chi connectivity index (χ4v) is 12.7. The lowest BCUT2D eigenvalue weighted by Gasteiger charge is -2.39. The van der Waals surface area contributed by atoms with E-state index >= 15 is 0 Å². The smallest absolute Gasteiger partial charge is 0.132 e. The van der Waals surface area contributed by atoms with Crippen LogP contribution in [0.15, 0.2) is 249 Å². The van der Waals surface area contributed by atoms with Gasteiger partial charge in [0.2, 0.25) is 0 Å². The summed E-state index contributed by atoms with van der Waals surface area (Å²) in [5, 5.41) is 2.39. The molecule has 0 amide bonds. The van der Waals surface area contributed by atoms with Crippen LogP contribution in [0, 0.1) is 0 Å². The SMILES string of the molecule is c1ccc(-c2ccccc2N(c2ccc3c(c2)C2(c4ccccc4Oc4ccccc42)c2ccccc2-3)c2ccc3ccc4c(c3c2)-c2ccccc2C42c3ccccc3Oc3ccccc32)cc1. The van der Waals surface area contributed by atoms with E-state index in [-0.39, 0.29) is 0 Å². The van der Waals surface area contributed by atoms with E-state index < -0.39 is 10.8 Å². The lowest BCUT2D eigenvalue weighted by Crippen LogP contribution is -2.32. The first-order chi connectivity index (χ1) is 34.2. The van der Waals surface area contributed by atoms with Crippen molar-refractivity contribution in [2.45, 2.75) is 10.8 Å². The molecule has 0 N–H and O–H groups in total. The number of benzene rings is 11. The molecule has 2 spiro atoms. The van der Waals surface area contributed by atoms with Crippen LogP contribution in [0.5, 0.6) is 23.0 Å². The summed E-state index contributed by atoms with van der Waals surface area (Å²) in [6, 6.07) is 91.0. The van der Waals surface area contributed by atoms with Crippen LogP contribution in [-0.2, 0) is 10.8 Å². The van der Waals surface area contributed by atoms with Crippen molar-refractivity contribution in [3.8, 4) is 56.4 Å². The van der Waals surface area contributed by atoms with Gasteiger partial charge in [0.1, 0.15) is 23.0 Å². The summed E-state index contributed by atoms with van der Waals surface area (Å²) in [5.41, 5.74) is 19.0. The molecule has 0 saturated carbocycles. The van der Waals surface area contributed by atoms with Gasteiger partial charge in [-0.25, -0.2) is 0 Å². The summed E-state index contributed by atoms with van der Waals surface area (Å²) in [6.07, 6.45) is 0. The zero-order valence-corrected chi connectivity index (χ0v) is 37.4. The van der Waals surface area contributed by atoms with Crippen molar-refractivity contribution in [1.29, 1.82) is 0 Å². The number of hydrogen-bond donors (Lipinski definition) is 0. The van der Waals surface area contributed by atoms with E-state index in [4.69, 9.17) is 9.47 Å². The monoisotopic (exact) mass is 879 g/mol. The van der Waals surface area contributed by atoms with E-state index in [1.165, 1.54) is 55.3 Å². The third-order valence-corrected chi connectivity index (χ3v) is 15.4. The van der Waals surface area contributed by atoms with E-state index in [1.54, 1.807) is 0 Å². The number of anilines is 3. The molecule has 0 aromatic heterocycles. The molecule has 322 valence electrons. The first kappa shape index (κ1) is 38.2. The maximum atomic E-state index is 6.74. The summed E-state index contributed by atoms with van der Waals surface area (Å²) < 4.78 is 13.4. The molecule has 2 aliphatic heterocycles. The molecule has 69 heavy (non-hydrogen) atoms. The quantitative estimate of drug-likeness (QED) is 0.176. The Balaban J connectivity index is 1.02. The normalized spacial score (nSPS) is 14.3. The van der Waals surface area contributed by atoms with Gasteiger partial charge in [-0.1, -0.05) is 194 Å². The van der Waals surface area contributed by atoms with Gasteiger partial charge in [-0.15, -0.1) is 0 Å². The predicted octanol–water partition coefficient (Wildman–Crippen LogP) is 16.9. The summed E-state index contributed by atoms with van der Waals surface area (Å²) in [7, 11) is 0. The predicted molar refractivity (Wildman–Crippen MR) is 279 cm³/mol. The zero-order valence-electron chi connectivity index (χ0n) is 37.4. The van der Waals surface area contributed by atoms with E-state index in [0.717, 1.165) is 73.4 Å². The maximum Gasteiger partial charge on any atom is 0.132 e. The standard InChI is InChI=1S/C66H41NO2/c1-2-18-42(19-3-1)46-20-6-13-29-59(46)67(45-37-38-48-47-21-4-7-23-51(47)66(58(48)41-45)55-27-11-16-32-62(55)69-63-33-17-12-28-56(63)66)44-36-34-43-35-39-57-64(50(43)40-44)49-22-5-8-24-52(49)65(57)53-25-9-14-30-60(53)68-61-31-15-10-26-54(61)65/h1-41H. The van der Waals surface area contributed by atoms with Crippen molar-refractivity contribution in [1.82, 2.24) is 0 Å². The largest absolute Gasteiger partial charge is 0.457 e. The number of para-hydroxylation sites is 5. The number of nitrogens with zero attached hydrogens (tertiary/aromatic N) is 1. The van der Waals surface area contributed by atoms with Crippen LogP contribution in [0.25, 0.3) is 44.2 Å². The molecule has 0 radical (unpaired) electrons. The van der Waals surface area contributed by atoms with Crippen LogP contribution in [0.1, 0.15) is 44.5 Å². The molecular weight excluding hydrogens is 839 g/mol. The highest BCUT2D eigenvalue weighted by molar-refractivity contribution is 6.07. The minimum Gasteiger partial charge on any atom is -0.457 e. The number of rotatable bonds is 4. The molecule has 11 aromatic rings. The minimum absolute atomic E-state index is 0.569. The van der Waals surface area contributed by atoms with Crippen molar-refractivity contribution in [2.75, 3.05) is 4.90 Å². The third kappa shape index (κ3) is 5.06. The lowest BCUT2D eigenvalue weighted by molar-refractivity contribution is 0.436. The fourth-order valence-electron chi connectivity index (χ4n) is 12.7. The minimum atomic E-state index is -0.615. The molecular formula is C66H41NO2. The summed E-state index contributed by atoms with van der Waals surface area (Å²) in [4.78, 5) is 2.49. The van der Waals surface area contributed by atoms with Crippen LogP contribution < -0.4 is 14.4 Å². The van der Waals surface area contributed by atoms with Crippen molar-refractivity contribution in [3.05, 3.63) is 293 Å². The van der Waals surface area contributed by atoms with Gasteiger partial charge in [0, 0.05) is 39.2 Å². The van der Waals surface area contributed by atoms with Gasteiger partial charge in [-0.3, -0.25) is 0 Å². The molecule has 15 rings (SSSR count). The van der Waals surface area contributed by atoms with Crippen LogP contribution >= 0.6 is 0 Å². The number of fused-ring (bicyclic) bond motifs is 20. The molecule has 2 heterocycles. The fraction of sp³-hybridized carbons (Fsp3) is 0.0303. The molecule has 2 aliphatic carbocycles. The molecule has 3 nitrogen and oxygen atoms in total. The van der Waals surface area contributed by atoms with E-state index in [2.05, 4.69) is 254 Å². The highest BCUT2D eigenvalue weighted by Gasteiger charge is 2.53. The van der Waals surface area contributed by atoms with Crippen LogP contribution in [0.2, 0.25) is 0 Å².